The normalized spacial score (nSPS) is 10.6. The lowest BCUT2D eigenvalue weighted by Gasteiger charge is -2.00. The number of rotatable bonds is 1. The number of aromatic carboxylic acids is 1. The number of hydrogen-bond donors (Lipinski definition) is 2. The molecule has 2 heterocycles. The van der Waals surface area contributed by atoms with E-state index in [1.54, 1.807) is 0 Å². The molecule has 0 bridgehead atoms. The van der Waals surface area contributed by atoms with Crippen molar-refractivity contribution in [2.45, 2.75) is 0 Å². The Labute approximate surface area is 77.8 Å². The standard InChI is InChI=1S/C8H7N3O3/c1-11-2-4(8(13)14)5-6(7(11)12)10-3-9-5/h2-3H,1H3,(H,9,10)(H,13,14). The number of hydrogen-bond acceptors (Lipinski definition) is 3. The molecule has 0 aliphatic carbocycles. The lowest BCUT2D eigenvalue weighted by molar-refractivity contribution is 0.0698. The average molecular weight is 193 g/mol. The first kappa shape index (κ1) is 8.49. The molecule has 0 amide bonds. The first-order chi connectivity index (χ1) is 6.61. The van der Waals surface area contributed by atoms with Crippen molar-refractivity contribution in [2.24, 2.45) is 7.05 Å². The number of aromatic nitrogens is 3. The minimum atomic E-state index is -1.10. The van der Waals surface area contributed by atoms with E-state index in [9.17, 15) is 9.59 Å². The Morgan fingerprint density at radius 1 is 1.64 bits per heavy atom. The second-order valence-electron chi connectivity index (χ2n) is 2.89. The second-order valence-corrected chi connectivity index (χ2v) is 2.89. The third kappa shape index (κ3) is 1.00. The molecule has 0 saturated heterocycles. The first-order valence-electron chi connectivity index (χ1n) is 3.87. The number of carboxylic acids is 1. The van der Waals surface area contributed by atoms with Gasteiger partial charge in [0.15, 0.2) is 0 Å². The van der Waals surface area contributed by atoms with Gasteiger partial charge in [0.05, 0.1) is 6.33 Å². The Hall–Kier alpha value is -2.11. The van der Waals surface area contributed by atoms with Gasteiger partial charge in [-0.05, 0) is 0 Å². The van der Waals surface area contributed by atoms with E-state index < -0.39 is 5.97 Å². The molecule has 0 aliphatic rings. The minimum Gasteiger partial charge on any atom is -0.478 e. The van der Waals surface area contributed by atoms with Crippen LogP contribution in [0.3, 0.4) is 0 Å². The number of fused-ring (bicyclic) bond motifs is 1. The summed E-state index contributed by atoms with van der Waals surface area (Å²) in [7, 11) is 1.50. The summed E-state index contributed by atoms with van der Waals surface area (Å²) in [5, 5.41) is 8.85. The quantitative estimate of drug-likeness (QED) is 0.665. The Morgan fingerprint density at radius 2 is 2.36 bits per heavy atom. The van der Waals surface area contributed by atoms with Gasteiger partial charge in [-0.1, -0.05) is 0 Å². The predicted octanol–water partition coefficient (Wildman–Crippen LogP) is -0.0402. The SMILES string of the molecule is Cn1cc(C(=O)O)c2nc[nH]c2c1=O. The summed E-state index contributed by atoms with van der Waals surface area (Å²) in [6.07, 6.45) is 2.56. The maximum Gasteiger partial charge on any atom is 0.339 e. The summed E-state index contributed by atoms with van der Waals surface area (Å²) in [6.45, 7) is 0. The van der Waals surface area contributed by atoms with Gasteiger partial charge in [0.2, 0.25) is 0 Å². The zero-order valence-corrected chi connectivity index (χ0v) is 7.31. The number of aromatic amines is 1. The van der Waals surface area contributed by atoms with Crippen LogP contribution < -0.4 is 5.56 Å². The number of pyridine rings is 1. The van der Waals surface area contributed by atoms with E-state index in [4.69, 9.17) is 5.11 Å². The molecular weight excluding hydrogens is 186 g/mol. The number of imidazole rings is 1. The van der Waals surface area contributed by atoms with Crippen LogP contribution in [0.5, 0.6) is 0 Å². The molecule has 2 aromatic rings. The molecule has 2 aromatic heterocycles. The molecule has 2 rings (SSSR count). The van der Waals surface area contributed by atoms with Crippen LogP contribution in [0, 0.1) is 0 Å². The topological polar surface area (TPSA) is 88.0 Å². The first-order valence-corrected chi connectivity index (χ1v) is 3.87. The van der Waals surface area contributed by atoms with Crippen LogP contribution in [0.4, 0.5) is 0 Å². The summed E-state index contributed by atoms with van der Waals surface area (Å²) < 4.78 is 1.21. The van der Waals surface area contributed by atoms with E-state index in [1.165, 1.54) is 24.1 Å². The van der Waals surface area contributed by atoms with Gasteiger partial charge in [-0.3, -0.25) is 4.79 Å². The van der Waals surface area contributed by atoms with Crippen LogP contribution in [0.2, 0.25) is 0 Å². The minimum absolute atomic E-state index is 0.0170. The summed E-state index contributed by atoms with van der Waals surface area (Å²) in [4.78, 5) is 28.7. The predicted molar refractivity (Wildman–Crippen MR) is 48.3 cm³/mol. The third-order valence-corrected chi connectivity index (χ3v) is 1.98. The second kappa shape index (κ2) is 2.69. The molecule has 14 heavy (non-hydrogen) atoms. The molecule has 72 valence electrons. The molecule has 0 fully saturated rings. The fourth-order valence-electron chi connectivity index (χ4n) is 1.31. The Balaban J connectivity index is 2.99. The molecule has 0 aromatic carbocycles. The van der Waals surface area contributed by atoms with Gasteiger partial charge in [0.25, 0.3) is 5.56 Å². The molecule has 0 atom stereocenters. The van der Waals surface area contributed by atoms with Crippen LogP contribution in [-0.4, -0.2) is 25.6 Å². The van der Waals surface area contributed by atoms with Crippen molar-refractivity contribution in [3.63, 3.8) is 0 Å². The zero-order valence-electron chi connectivity index (χ0n) is 7.31. The van der Waals surface area contributed by atoms with E-state index in [0.717, 1.165) is 0 Å². The van der Waals surface area contributed by atoms with E-state index in [1.807, 2.05) is 0 Å². The molecule has 0 saturated carbocycles. The zero-order chi connectivity index (χ0) is 10.3. The molecule has 0 radical (unpaired) electrons. The highest BCUT2D eigenvalue weighted by atomic mass is 16.4. The van der Waals surface area contributed by atoms with Gasteiger partial charge in [-0.2, -0.15) is 0 Å². The van der Waals surface area contributed by atoms with Crippen LogP contribution >= 0.6 is 0 Å². The number of nitrogens with zero attached hydrogens (tertiary/aromatic N) is 2. The van der Waals surface area contributed by atoms with Crippen molar-refractivity contribution >= 4 is 17.0 Å². The average Bonchev–Trinajstić information content (AvgIpc) is 2.59. The lowest BCUT2D eigenvalue weighted by Crippen LogP contribution is -2.18. The van der Waals surface area contributed by atoms with Gasteiger partial charge >= 0.3 is 5.97 Å². The number of H-pyrrole nitrogens is 1. The monoisotopic (exact) mass is 193 g/mol. The lowest BCUT2D eigenvalue weighted by atomic mass is 10.2. The van der Waals surface area contributed by atoms with E-state index >= 15 is 0 Å². The van der Waals surface area contributed by atoms with Gasteiger partial charge < -0.3 is 14.7 Å². The summed E-state index contributed by atoms with van der Waals surface area (Å²) in [5.41, 5.74) is 0.138. The molecule has 0 unspecified atom stereocenters. The molecular formula is C8H7N3O3. The van der Waals surface area contributed by atoms with Crippen LogP contribution in [0.1, 0.15) is 10.4 Å². The number of carboxylic acid groups (broad SMARTS) is 1. The number of nitrogens with one attached hydrogen (secondary N) is 1. The van der Waals surface area contributed by atoms with Crippen molar-refractivity contribution in [1.29, 1.82) is 0 Å². The molecule has 6 heteroatoms. The van der Waals surface area contributed by atoms with Crippen LogP contribution in [0.15, 0.2) is 17.3 Å². The largest absolute Gasteiger partial charge is 0.478 e. The highest BCUT2D eigenvalue weighted by Crippen LogP contribution is 2.10. The maximum absolute atomic E-state index is 11.5. The molecule has 0 spiro atoms. The number of carbonyl (C=O) groups is 1. The molecule has 6 nitrogen and oxygen atoms in total. The molecule has 0 aliphatic heterocycles. The van der Waals surface area contributed by atoms with Gasteiger partial charge in [0.1, 0.15) is 16.6 Å². The Kier molecular flexibility index (Phi) is 1.63. The summed E-state index contributed by atoms with van der Waals surface area (Å²) >= 11 is 0. The number of aryl methyl sites for hydroxylation is 1. The smallest absolute Gasteiger partial charge is 0.339 e. The van der Waals surface area contributed by atoms with Crippen molar-refractivity contribution in [3.05, 3.63) is 28.4 Å². The maximum atomic E-state index is 11.5. The van der Waals surface area contributed by atoms with Crippen molar-refractivity contribution in [1.82, 2.24) is 14.5 Å². The highest BCUT2D eigenvalue weighted by Gasteiger charge is 2.14. The van der Waals surface area contributed by atoms with Gasteiger partial charge in [0, 0.05) is 13.2 Å². The Bertz CT molecular complexity index is 567. The van der Waals surface area contributed by atoms with Crippen molar-refractivity contribution in [2.75, 3.05) is 0 Å². The van der Waals surface area contributed by atoms with E-state index in [-0.39, 0.29) is 22.2 Å². The fraction of sp³-hybridized carbons (Fsp3) is 0.125. The summed E-state index contributed by atoms with van der Waals surface area (Å²) in [6, 6.07) is 0. The van der Waals surface area contributed by atoms with Gasteiger partial charge in [-0.25, -0.2) is 9.78 Å². The van der Waals surface area contributed by atoms with Gasteiger partial charge in [-0.15, -0.1) is 0 Å². The highest BCUT2D eigenvalue weighted by molar-refractivity contribution is 6.00. The van der Waals surface area contributed by atoms with Crippen molar-refractivity contribution < 1.29 is 9.90 Å². The van der Waals surface area contributed by atoms with Crippen LogP contribution in [0.25, 0.3) is 11.0 Å². The fourth-order valence-corrected chi connectivity index (χ4v) is 1.31. The Morgan fingerprint density at radius 3 is 3.00 bits per heavy atom. The van der Waals surface area contributed by atoms with E-state index in [2.05, 4.69) is 9.97 Å². The van der Waals surface area contributed by atoms with Crippen molar-refractivity contribution in [3.8, 4) is 0 Å². The molecule has 2 N–H and O–H groups in total. The summed E-state index contributed by atoms with van der Waals surface area (Å²) in [5.74, 6) is -1.10. The van der Waals surface area contributed by atoms with E-state index in [0.29, 0.717) is 0 Å². The van der Waals surface area contributed by atoms with Crippen LogP contribution in [-0.2, 0) is 7.05 Å². The third-order valence-electron chi connectivity index (χ3n) is 1.98.